The summed E-state index contributed by atoms with van der Waals surface area (Å²) in [5.74, 6) is 0. The van der Waals surface area contributed by atoms with Crippen molar-refractivity contribution >= 4 is 0 Å². The Labute approximate surface area is 99.4 Å². The molecule has 1 rings (SSSR count). The van der Waals surface area contributed by atoms with Crippen LogP contribution < -0.4 is 0 Å². The van der Waals surface area contributed by atoms with E-state index >= 15 is 0 Å². The van der Waals surface area contributed by atoms with Crippen molar-refractivity contribution in [1.29, 1.82) is 5.26 Å². The van der Waals surface area contributed by atoms with E-state index < -0.39 is 0 Å². The van der Waals surface area contributed by atoms with Crippen LogP contribution in [0.15, 0.2) is 0 Å². The Morgan fingerprint density at radius 2 is 2.12 bits per heavy atom. The van der Waals surface area contributed by atoms with Gasteiger partial charge in [0.05, 0.1) is 12.5 Å². The highest BCUT2D eigenvalue weighted by molar-refractivity contribution is 4.87. The van der Waals surface area contributed by atoms with E-state index in [1.54, 1.807) is 0 Å². The van der Waals surface area contributed by atoms with Crippen LogP contribution in [0.2, 0.25) is 0 Å². The Morgan fingerprint density at radius 1 is 1.38 bits per heavy atom. The van der Waals surface area contributed by atoms with E-state index in [0.29, 0.717) is 12.5 Å². The number of nitriles is 1. The van der Waals surface area contributed by atoms with E-state index in [1.807, 2.05) is 0 Å². The zero-order valence-electron chi connectivity index (χ0n) is 10.8. The van der Waals surface area contributed by atoms with Crippen molar-refractivity contribution < 1.29 is 0 Å². The Hall–Kier alpha value is -0.630. The molecule has 1 aliphatic rings. The molecule has 0 N–H and O–H groups in total. The van der Waals surface area contributed by atoms with Crippen LogP contribution in [-0.2, 0) is 0 Å². The minimum atomic E-state index is 0.414. The molecule has 4 heteroatoms. The van der Waals surface area contributed by atoms with Gasteiger partial charge in [-0.05, 0) is 40.7 Å². The monoisotopic (exact) mass is 224 g/mol. The minimum absolute atomic E-state index is 0.414. The highest BCUT2D eigenvalue weighted by Gasteiger charge is 2.22. The predicted octanol–water partition coefficient (Wildman–Crippen LogP) is 0.468. The van der Waals surface area contributed by atoms with Crippen molar-refractivity contribution in [2.45, 2.75) is 18.9 Å². The molecule has 92 valence electrons. The predicted molar refractivity (Wildman–Crippen MR) is 66.3 cm³/mol. The summed E-state index contributed by atoms with van der Waals surface area (Å²) in [5, 5.41) is 8.89. The molecule has 1 saturated heterocycles. The number of hydrogen-bond donors (Lipinski definition) is 0. The molecule has 0 aromatic carbocycles. The van der Waals surface area contributed by atoms with Crippen molar-refractivity contribution in [3.05, 3.63) is 0 Å². The summed E-state index contributed by atoms with van der Waals surface area (Å²) in [6, 6.07) is 2.74. The van der Waals surface area contributed by atoms with Gasteiger partial charge in [-0.15, -0.1) is 0 Å². The first-order valence-corrected chi connectivity index (χ1v) is 6.07. The van der Waals surface area contributed by atoms with E-state index in [-0.39, 0.29) is 0 Å². The molecule has 1 atom stereocenters. The highest BCUT2D eigenvalue weighted by atomic mass is 15.2. The van der Waals surface area contributed by atoms with Crippen LogP contribution in [0.1, 0.15) is 12.8 Å². The lowest BCUT2D eigenvalue weighted by molar-refractivity contribution is 0.175. The SMILES string of the molecule is CN(C)CCN1CCCN(C)CC1CC#N. The van der Waals surface area contributed by atoms with Crippen molar-refractivity contribution in [3.8, 4) is 6.07 Å². The average molecular weight is 224 g/mol. The van der Waals surface area contributed by atoms with Crippen molar-refractivity contribution in [2.75, 3.05) is 53.9 Å². The molecule has 1 fully saturated rings. The van der Waals surface area contributed by atoms with Crippen LogP contribution >= 0.6 is 0 Å². The summed E-state index contributed by atoms with van der Waals surface area (Å²) in [6.07, 6.45) is 1.86. The molecule has 4 nitrogen and oxygen atoms in total. The van der Waals surface area contributed by atoms with Crippen molar-refractivity contribution in [1.82, 2.24) is 14.7 Å². The van der Waals surface area contributed by atoms with Gasteiger partial charge in [0, 0.05) is 25.7 Å². The van der Waals surface area contributed by atoms with Gasteiger partial charge < -0.3 is 9.80 Å². The van der Waals surface area contributed by atoms with E-state index in [1.165, 1.54) is 6.42 Å². The lowest BCUT2D eigenvalue weighted by Gasteiger charge is -2.30. The first-order valence-electron chi connectivity index (χ1n) is 6.07. The summed E-state index contributed by atoms with van der Waals surface area (Å²) in [7, 11) is 6.35. The smallest absolute Gasteiger partial charge is 0.0638 e. The van der Waals surface area contributed by atoms with E-state index in [0.717, 1.165) is 32.7 Å². The molecule has 1 heterocycles. The molecule has 1 unspecified atom stereocenters. The zero-order chi connectivity index (χ0) is 12.0. The molecule has 0 amide bonds. The van der Waals surface area contributed by atoms with Gasteiger partial charge in [-0.2, -0.15) is 5.26 Å². The maximum Gasteiger partial charge on any atom is 0.0638 e. The summed E-state index contributed by atoms with van der Waals surface area (Å²) in [4.78, 5) is 7.03. The van der Waals surface area contributed by atoms with Gasteiger partial charge in [0.2, 0.25) is 0 Å². The van der Waals surface area contributed by atoms with Gasteiger partial charge in [0.1, 0.15) is 0 Å². The van der Waals surface area contributed by atoms with Crippen LogP contribution in [0.3, 0.4) is 0 Å². The van der Waals surface area contributed by atoms with E-state index in [9.17, 15) is 0 Å². The molecule has 16 heavy (non-hydrogen) atoms. The topological polar surface area (TPSA) is 33.5 Å². The van der Waals surface area contributed by atoms with Crippen LogP contribution in [0.4, 0.5) is 0 Å². The molecule has 0 aromatic heterocycles. The van der Waals surface area contributed by atoms with Crippen LogP contribution in [-0.4, -0.2) is 74.6 Å². The second kappa shape index (κ2) is 6.85. The highest BCUT2D eigenvalue weighted by Crippen LogP contribution is 2.11. The fraction of sp³-hybridized carbons (Fsp3) is 0.917. The Kier molecular flexibility index (Phi) is 5.75. The van der Waals surface area contributed by atoms with Gasteiger partial charge in [-0.1, -0.05) is 0 Å². The Bertz CT molecular complexity index is 234. The molecule has 0 saturated carbocycles. The Balaban J connectivity index is 2.51. The second-order valence-corrected chi connectivity index (χ2v) is 4.97. The molecule has 0 spiro atoms. The lowest BCUT2D eigenvalue weighted by atomic mass is 10.2. The molecule has 0 bridgehead atoms. The van der Waals surface area contributed by atoms with Crippen molar-refractivity contribution in [3.63, 3.8) is 0 Å². The lowest BCUT2D eigenvalue weighted by Crippen LogP contribution is -2.42. The van der Waals surface area contributed by atoms with Gasteiger partial charge in [0.25, 0.3) is 0 Å². The van der Waals surface area contributed by atoms with E-state index in [4.69, 9.17) is 5.26 Å². The Morgan fingerprint density at radius 3 is 2.75 bits per heavy atom. The summed E-state index contributed by atoms with van der Waals surface area (Å²) >= 11 is 0. The van der Waals surface area contributed by atoms with Crippen molar-refractivity contribution in [2.24, 2.45) is 0 Å². The number of nitrogens with zero attached hydrogens (tertiary/aromatic N) is 4. The van der Waals surface area contributed by atoms with Crippen LogP contribution in [0.5, 0.6) is 0 Å². The van der Waals surface area contributed by atoms with Gasteiger partial charge in [-0.25, -0.2) is 0 Å². The number of rotatable bonds is 4. The minimum Gasteiger partial charge on any atom is -0.308 e. The maximum absolute atomic E-state index is 8.89. The third-order valence-corrected chi connectivity index (χ3v) is 3.19. The van der Waals surface area contributed by atoms with Crippen LogP contribution in [0.25, 0.3) is 0 Å². The fourth-order valence-corrected chi connectivity index (χ4v) is 2.21. The largest absolute Gasteiger partial charge is 0.308 e. The third kappa shape index (κ3) is 4.48. The first kappa shape index (κ1) is 13.4. The second-order valence-electron chi connectivity index (χ2n) is 4.97. The summed E-state index contributed by atoms with van der Waals surface area (Å²) < 4.78 is 0. The molecular formula is C12H24N4. The molecule has 1 aliphatic heterocycles. The first-order chi connectivity index (χ1) is 7.63. The zero-order valence-corrected chi connectivity index (χ0v) is 10.8. The average Bonchev–Trinajstić information content (AvgIpc) is 2.38. The summed E-state index contributed by atoms with van der Waals surface area (Å²) in [6.45, 7) is 5.46. The number of hydrogen-bond acceptors (Lipinski definition) is 4. The summed E-state index contributed by atoms with van der Waals surface area (Å²) in [5.41, 5.74) is 0. The standard InChI is InChI=1S/C12H24N4/c1-14(2)9-10-16-8-4-7-15(3)11-12(16)5-6-13/h12H,4-5,7-11H2,1-3H3. The molecular weight excluding hydrogens is 200 g/mol. The molecule has 0 aliphatic carbocycles. The number of likely N-dealkylation sites (N-methyl/N-ethyl adjacent to an activating group) is 2. The van der Waals surface area contributed by atoms with Gasteiger partial charge in [-0.3, -0.25) is 4.90 Å². The third-order valence-electron chi connectivity index (χ3n) is 3.19. The maximum atomic E-state index is 8.89. The molecule has 0 radical (unpaired) electrons. The van der Waals surface area contributed by atoms with E-state index in [2.05, 4.69) is 41.9 Å². The quantitative estimate of drug-likeness (QED) is 0.695. The molecule has 0 aromatic rings. The normalized spacial score (nSPS) is 24.3. The van der Waals surface area contributed by atoms with Gasteiger partial charge in [0.15, 0.2) is 0 Å². The van der Waals surface area contributed by atoms with Crippen LogP contribution in [0, 0.1) is 11.3 Å². The van der Waals surface area contributed by atoms with Gasteiger partial charge >= 0.3 is 0 Å². The fourth-order valence-electron chi connectivity index (χ4n) is 2.21.